The van der Waals surface area contributed by atoms with Crippen LogP contribution >= 0.6 is 62.5 Å². The van der Waals surface area contributed by atoms with Gasteiger partial charge >= 0.3 is 0 Å². The summed E-state index contributed by atoms with van der Waals surface area (Å²) >= 11 is 24.2. The standard InChI is InChI=1S/C28H20BrCl3N4S/c1-37-27-25(22-15-24(34-33-22)28(12-13-28)17-4-8-19(30)9-5-17)35-36(23-11-10-20(31)14-21(23)32)26(27)16-2-6-18(29)7-3-16/h2-11,14-15H,12-13H2,1H3,(H,33,34). The highest BCUT2D eigenvalue weighted by molar-refractivity contribution is 9.10. The molecule has 0 radical (unpaired) electrons. The van der Waals surface area contributed by atoms with Gasteiger partial charge in [-0.25, -0.2) is 4.68 Å². The minimum Gasteiger partial charge on any atom is -0.281 e. The Morgan fingerprint density at radius 1 is 0.919 bits per heavy atom. The average molecular weight is 631 g/mol. The molecular formula is C28H20BrCl3N4S. The van der Waals surface area contributed by atoms with Gasteiger partial charge in [0.1, 0.15) is 11.4 Å². The van der Waals surface area contributed by atoms with Gasteiger partial charge in [0, 0.05) is 31.2 Å². The van der Waals surface area contributed by atoms with Crippen molar-refractivity contribution in [3.8, 4) is 28.3 Å². The molecule has 0 aliphatic heterocycles. The summed E-state index contributed by atoms with van der Waals surface area (Å²) in [5, 5.41) is 15.0. The maximum absolute atomic E-state index is 6.66. The largest absolute Gasteiger partial charge is 0.281 e. The van der Waals surface area contributed by atoms with Crippen LogP contribution in [0.3, 0.4) is 0 Å². The molecule has 1 saturated carbocycles. The number of aromatic nitrogens is 4. The Labute approximate surface area is 242 Å². The van der Waals surface area contributed by atoms with Crippen LogP contribution in [-0.4, -0.2) is 26.2 Å². The lowest BCUT2D eigenvalue weighted by molar-refractivity contribution is 0.792. The zero-order chi connectivity index (χ0) is 25.7. The van der Waals surface area contributed by atoms with Crippen molar-refractivity contribution in [3.05, 3.63) is 104 Å². The summed E-state index contributed by atoms with van der Waals surface area (Å²) in [5.41, 5.74) is 6.57. The SMILES string of the molecule is CSc1c(-c2cc(C3(c4ccc(Cl)cc4)CC3)[nH]n2)nn(-c2ccc(Cl)cc2Cl)c1-c1ccc(Br)cc1. The summed E-state index contributed by atoms with van der Waals surface area (Å²) in [6.07, 6.45) is 4.18. The molecule has 0 saturated heterocycles. The third kappa shape index (κ3) is 4.53. The van der Waals surface area contributed by atoms with E-state index in [1.165, 1.54) is 5.56 Å². The van der Waals surface area contributed by atoms with Gasteiger partial charge in [0.2, 0.25) is 0 Å². The molecule has 0 spiro atoms. The summed E-state index contributed by atoms with van der Waals surface area (Å²) < 4.78 is 2.90. The Morgan fingerprint density at radius 2 is 1.62 bits per heavy atom. The van der Waals surface area contributed by atoms with Crippen molar-refractivity contribution < 1.29 is 0 Å². The lowest BCUT2D eigenvalue weighted by Gasteiger charge is -2.13. The van der Waals surface area contributed by atoms with Crippen LogP contribution in [0.15, 0.2) is 82.2 Å². The van der Waals surface area contributed by atoms with E-state index in [2.05, 4.69) is 57.6 Å². The van der Waals surface area contributed by atoms with E-state index in [1.54, 1.807) is 17.8 Å². The number of benzene rings is 3. The fourth-order valence-corrected chi connectivity index (χ4v) is 6.36. The van der Waals surface area contributed by atoms with Crippen molar-refractivity contribution in [2.45, 2.75) is 23.2 Å². The summed E-state index contributed by atoms with van der Waals surface area (Å²) in [5.74, 6) is 0. The first-order valence-electron chi connectivity index (χ1n) is 11.6. The molecule has 1 fully saturated rings. The monoisotopic (exact) mass is 628 g/mol. The molecule has 0 amide bonds. The molecule has 3 aromatic carbocycles. The summed E-state index contributed by atoms with van der Waals surface area (Å²) in [4.78, 5) is 1.02. The number of thioether (sulfide) groups is 1. The van der Waals surface area contributed by atoms with Crippen LogP contribution in [0.25, 0.3) is 28.3 Å². The number of nitrogens with one attached hydrogen (secondary N) is 1. The van der Waals surface area contributed by atoms with Crippen molar-refractivity contribution in [1.29, 1.82) is 0 Å². The molecule has 4 nitrogen and oxygen atoms in total. The molecule has 0 unspecified atom stereocenters. The molecule has 0 bridgehead atoms. The van der Waals surface area contributed by atoms with Crippen LogP contribution in [-0.2, 0) is 5.41 Å². The van der Waals surface area contributed by atoms with Crippen LogP contribution in [0.2, 0.25) is 15.1 Å². The molecular weight excluding hydrogens is 611 g/mol. The van der Waals surface area contributed by atoms with Crippen LogP contribution < -0.4 is 0 Å². The van der Waals surface area contributed by atoms with Gasteiger partial charge in [0.25, 0.3) is 0 Å². The number of nitrogens with zero attached hydrogens (tertiary/aromatic N) is 3. The normalized spacial score (nSPS) is 14.2. The van der Waals surface area contributed by atoms with E-state index in [9.17, 15) is 0 Å². The quantitative estimate of drug-likeness (QED) is 0.190. The molecule has 6 rings (SSSR count). The third-order valence-corrected chi connectivity index (χ3v) is 8.90. The Balaban J connectivity index is 1.51. The van der Waals surface area contributed by atoms with Gasteiger partial charge in [0.05, 0.1) is 21.3 Å². The minimum absolute atomic E-state index is 0.0635. The average Bonchev–Trinajstić information content (AvgIpc) is 3.38. The highest BCUT2D eigenvalue weighted by Crippen LogP contribution is 2.53. The van der Waals surface area contributed by atoms with Gasteiger partial charge < -0.3 is 0 Å². The van der Waals surface area contributed by atoms with Gasteiger partial charge in [0.15, 0.2) is 0 Å². The van der Waals surface area contributed by atoms with Crippen molar-refractivity contribution in [3.63, 3.8) is 0 Å². The summed E-state index contributed by atoms with van der Waals surface area (Å²) in [6.45, 7) is 0. The van der Waals surface area contributed by atoms with E-state index in [0.29, 0.717) is 10.0 Å². The third-order valence-electron chi connectivity index (χ3n) is 6.78. The van der Waals surface area contributed by atoms with Gasteiger partial charge in [-0.3, -0.25) is 5.10 Å². The van der Waals surface area contributed by atoms with Crippen molar-refractivity contribution in [1.82, 2.24) is 20.0 Å². The van der Waals surface area contributed by atoms with E-state index in [1.807, 2.05) is 41.1 Å². The molecule has 186 valence electrons. The minimum atomic E-state index is -0.0635. The lowest BCUT2D eigenvalue weighted by atomic mass is 9.92. The Hall–Kier alpha value is -2.22. The second-order valence-electron chi connectivity index (χ2n) is 9.00. The van der Waals surface area contributed by atoms with E-state index < -0.39 is 0 Å². The van der Waals surface area contributed by atoms with Gasteiger partial charge in [-0.2, -0.15) is 10.2 Å². The Morgan fingerprint density at radius 3 is 2.27 bits per heavy atom. The molecule has 1 aliphatic carbocycles. The van der Waals surface area contributed by atoms with Crippen LogP contribution in [0, 0.1) is 0 Å². The predicted molar refractivity (Wildman–Crippen MR) is 158 cm³/mol. The lowest BCUT2D eigenvalue weighted by Crippen LogP contribution is -2.08. The molecule has 5 aromatic rings. The Kier molecular flexibility index (Phi) is 6.66. The fourth-order valence-electron chi connectivity index (χ4n) is 4.75. The second kappa shape index (κ2) is 9.83. The number of H-pyrrole nitrogens is 1. The number of rotatable bonds is 6. The van der Waals surface area contributed by atoms with Crippen molar-refractivity contribution in [2.24, 2.45) is 0 Å². The zero-order valence-electron chi connectivity index (χ0n) is 19.6. The van der Waals surface area contributed by atoms with Gasteiger partial charge in [-0.15, -0.1) is 11.8 Å². The molecule has 2 heterocycles. The first kappa shape index (κ1) is 25.1. The number of hydrogen-bond donors (Lipinski definition) is 1. The van der Waals surface area contributed by atoms with Crippen LogP contribution in [0.1, 0.15) is 24.1 Å². The predicted octanol–water partition coefficient (Wildman–Crippen LogP) is 9.45. The maximum Gasteiger partial charge on any atom is 0.127 e. The fraction of sp³-hybridized carbons (Fsp3) is 0.143. The van der Waals surface area contributed by atoms with Gasteiger partial charge in [-0.1, -0.05) is 75.0 Å². The Bertz CT molecular complexity index is 1610. The van der Waals surface area contributed by atoms with Crippen LogP contribution in [0.5, 0.6) is 0 Å². The molecule has 37 heavy (non-hydrogen) atoms. The number of halogens is 4. The van der Waals surface area contributed by atoms with E-state index >= 15 is 0 Å². The van der Waals surface area contributed by atoms with E-state index in [-0.39, 0.29) is 5.41 Å². The first-order chi connectivity index (χ1) is 17.9. The van der Waals surface area contributed by atoms with E-state index in [0.717, 1.165) is 61.3 Å². The molecule has 0 atom stereocenters. The van der Waals surface area contributed by atoms with Crippen molar-refractivity contribution >= 4 is 62.5 Å². The highest BCUT2D eigenvalue weighted by atomic mass is 79.9. The number of aromatic amines is 1. The topological polar surface area (TPSA) is 46.5 Å². The summed E-state index contributed by atoms with van der Waals surface area (Å²) in [6, 6.07) is 23.9. The van der Waals surface area contributed by atoms with Gasteiger partial charge in [-0.05, 0) is 73.2 Å². The summed E-state index contributed by atoms with van der Waals surface area (Å²) in [7, 11) is 0. The highest BCUT2D eigenvalue weighted by Gasteiger charge is 2.47. The first-order valence-corrected chi connectivity index (χ1v) is 14.8. The molecule has 1 aliphatic rings. The van der Waals surface area contributed by atoms with E-state index in [4.69, 9.17) is 45.0 Å². The second-order valence-corrected chi connectivity index (χ2v) is 12.0. The zero-order valence-corrected chi connectivity index (χ0v) is 24.3. The molecule has 1 N–H and O–H groups in total. The van der Waals surface area contributed by atoms with Crippen molar-refractivity contribution in [2.75, 3.05) is 6.26 Å². The van der Waals surface area contributed by atoms with Crippen LogP contribution in [0.4, 0.5) is 0 Å². The molecule has 9 heteroatoms. The maximum atomic E-state index is 6.66. The molecule has 2 aromatic heterocycles. The smallest absolute Gasteiger partial charge is 0.127 e. The number of hydrogen-bond acceptors (Lipinski definition) is 3.